The van der Waals surface area contributed by atoms with E-state index in [9.17, 15) is 9.59 Å². The number of hydrogen-bond acceptors (Lipinski definition) is 4. The van der Waals surface area contributed by atoms with E-state index in [1.54, 1.807) is 11.4 Å². The highest BCUT2D eigenvalue weighted by atomic mass is 32.1. The lowest BCUT2D eigenvalue weighted by Crippen LogP contribution is -2.12. The molecule has 0 atom stereocenters. The number of hydrogen-bond donors (Lipinski definition) is 2. The van der Waals surface area contributed by atoms with Crippen LogP contribution in [-0.2, 0) is 6.42 Å². The monoisotopic (exact) mass is 309 g/mol. The van der Waals surface area contributed by atoms with Gasteiger partial charge in [-0.3, -0.25) is 4.79 Å². The van der Waals surface area contributed by atoms with E-state index in [4.69, 9.17) is 5.11 Å². The molecule has 106 valence electrons. The summed E-state index contributed by atoms with van der Waals surface area (Å²) in [6.45, 7) is 4.10. The van der Waals surface area contributed by atoms with Crippen molar-refractivity contribution in [3.63, 3.8) is 0 Å². The van der Waals surface area contributed by atoms with Crippen molar-refractivity contribution in [3.8, 4) is 0 Å². The molecule has 0 fully saturated rings. The van der Waals surface area contributed by atoms with Crippen LogP contribution in [0.25, 0.3) is 0 Å². The average Bonchev–Trinajstić information content (AvgIpc) is 2.97. The second-order valence-electron chi connectivity index (χ2n) is 4.36. The molecule has 2 aromatic heterocycles. The molecule has 4 nitrogen and oxygen atoms in total. The predicted molar refractivity (Wildman–Crippen MR) is 82.3 cm³/mol. The number of aromatic carboxylic acids is 1. The first-order valence-electron chi connectivity index (χ1n) is 6.24. The van der Waals surface area contributed by atoms with E-state index in [1.165, 1.54) is 16.9 Å². The maximum Gasteiger partial charge on any atom is 0.348 e. The van der Waals surface area contributed by atoms with E-state index in [1.807, 2.05) is 13.0 Å². The molecule has 0 radical (unpaired) electrons. The van der Waals surface area contributed by atoms with E-state index in [0.717, 1.165) is 29.1 Å². The second kappa shape index (κ2) is 6.19. The number of aryl methyl sites for hydroxylation is 2. The van der Waals surface area contributed by atoms with Gasteiger partial charge in [-0.2, -0.15) is 0 Å². The van der Waals surface area contributed by atoms with Gasteiger partial charge in [-0.1, -0.05) is 13.3 Å². The number of nitrogens with one attached hydrogen (secondary N) is 1. The molecular weight excluding hydrogens is 294 g/mol. The van der Waals surface area contributed by atoms with Crippen molar-refractivity contribution in [1.29, 1.82) is 0 Å². The van der Waals surface area contributed by atoms with Gasteiger partial charge >= 0.3 is 5.97 Å². The quantitative estimate of drug-likeness (QED) is 0.876. The zero-order valence-corrected chi connectivity index (χ0v) is 12.9. The highest BCUT2D eigenvalue weighted by Gasteiger charge is 2.17. The summed E-state index contributed by atoms with van der Waals surface area (Å²) in [6, 6.07) is 3.51. The van der Waals surface area contributed by atoms with Gasteiger partial charge in [0.05, 0.1) is 10.6 Å². The molecule has 0 aliphatic heterocycles. The number of anilines is 1. The highest BCUT2D eigenvalue weighted by Crippen LogP contribution is 2.26. The normalized spacial score (nSPS) is 10.5. The van der Waals surface area contributed by atoms with Gasteiger partial charge in [-0.25, -0.2) is 4.79 Å². The lowest BCUT2D eigenvalue weighted by Gasteiger charge is -2.02. The SMILES string of the molecule is CCCc1cc(C(=O)Nc2ccsc2C(=O)O)sc1C. The second-order valence-corrected chi connectivity index (χ2v) is 6.54. The average molecular weight is 309 g/mol. The summed E-state index contributed by atoms with van der Waals surface area (Å²) in [7, 11) is 0. The van der Waals surface area contributed by atoms with Crippen molar-refractivity contribution >= 4 is 40.2 Å². The van der Waals surface area contributed by atoms with Crippen LogP contribution in [0, 0.1) is 6.92 Å². The molecule has 0 aliphatic carbocycles. The van der Waals surface area contributed by atoms with Crippen LogP contribution in [0.5, 0.6) is 0 Å². The summed E-state index contributed by atoms with van der Waals surface area (Å²) in [5.74, 6) is -1.27. The topological polar surface area (TPSA) is 66.4 Å². The van der Waals surface area contributed by atoms with Gasteiger partial charge in [-0.05, 0) is 36.4 Å². The summed E-state index contributed by atoms with van der Waals surface area (Å²) in [5, 5.41) is 13.3. The number of carboxylic acids is 1. The Labute approximate surface area is 125 Å². The minimum atomic E-state index is -1.02. The largest absolute Gasteiger partial charge is 0.477 e. The molecule has 0 bridgehead atoms. The number of carboxylic acid groups (broad SMARTS) is 1. The smallest absolute Gasteiger partial charge is 0.348 e. The minimum Gasteiger partial charge on any atom is -0.477 e. The molecule has 0 spiro atoms. The van der Waals surface area contributed by atoms with Crippen LogP contribution in [-0.4, -0.2) is 17.0 Å². The van der Waals surface area contributed by atoms with E-state index in [0.29, 0.717) is 10.6 Å². The van der Waals surface area contributed by atoms with Gasteiger partial charge in [0.2, 0.25) is 0 Å². The summed E-state index contributed by atoms with van der Waals surface area (Å²) in [6.07, 6.45) is 1.99. The van der Waals surface area contributed by atoms with Crippen molar-refractivity contribution in [3.05, 3.63) is 37.7 Å². The molecule has 6 heteroatoms. The van der Waals surface area contributed by atoms with Crippen molar-refractivity contribution in [2.24, 2.45) is 0 Å². The maximum absolute atomic E-state index is 12.2. The molecule has 2 aromatic rings. The van der Waals surface area contributed by atoms with Crippen molar-refractivity contribution < 1.29 is 14.7 Å². The van der Waals surface area contributed by atoms with Crippen LogP contribution in [0.15, 0.2) is 17.5 Å². The summed E-state index contributed by atoms with van der Waals surface area (Å²) in [4.78, 5) is 25.1. The van der Waals surface area contributed by atoms with Gasteiger partial charge in [0.15, 0.2) is 0 Å². The Hall–Kier alpha value is -1.66. The minimum absolute atomic E-state index is 0.153. The molecule has 0 aromatic carbocycles. The van der Waals surface area contributed by atoms with E-state index in [-0.39, 0.29) is 10.8 Å². The molecular formula is C14H15NO3S2. The lowest BCUT2D eigenvalue weighted by molar-refractivity contribution is 0.0703. The third-order valence-corrected chi connectivity index (χ3v) is 4.87. The molecule has 0 aliphatic rings. The Balaban J connectivity index is 2.18. The van der Waals surface area contributed by atoms with Gasteiger partial charge in [-0.15, -0.1) is 22.7 Å². The van der Waals surface area contributed by atoms with E-state index >= 15 is 0 Å². The van der Waals surface area contributed by atoms with Gasteiger partial charge in [0.25, 0.3) is 5.91 Å². The summed E-state index contributed by atoms with van der Waals surface area (Å²) in [5.41, 5.74) is 1.54. The zero-order valence-electron chi connectivity index (χ0n) is 11.2. The molecule has 2 rings (SSSR count). The number of rotatable bonds is 5. The summed E-state index contributed by atoms with van der Waals surface area (Å²) < 4.78 is 0. The molecule has 20 heavy (non-hydrogen) atoms. The van der Waals surface area contributed by atoms with E-state index < -0.39 is 5.97 Å². The Morgan fingerprint density at radius 1 is 1.40 bits per heavy atom. The van der Waals surface area contributed by atoms with Gasteiger partial charge in [0, 0.05) is 4.88 Å². The predicted octanol–water partition coefficient (Wildman–Crippen LogP) is 4.02. The van der Waals surface area contributed by atoms with Gasteiger partial charge in [0.1, 0.15) is 4.88 Å². The van der Waals surface area contributed by atoms with Crippen molar-refractivity contribution in [2.75, 3.05) is 5.32 Å². The Morgan fingerprint density at radius 3 is 2.80 bits per heavy atom. The van der Waals surface area contributed by atoms with Gasteiger partial charge < -0.3 is 10.4 Å². The molecule has 0 saturated carbocycles. The first-order chi connectivity index (χ1) is 9.52. The standard InChI is InChI=1S/C14H15NO3S2/c1-3-4-9-7-11(20-8(9)2)13(16)15-10-5-6-19-12(10)14(17)18/h5-7H,3-4H2,1-2H3,(H,15,16)(H,17,18). The van der Waals surface area contributed by atoms with Crippen LogP contribution >= 0.6 is 22.7 Å². The summed E-state index contributed by atoms with van der Waals surface area (Å²) >= 11 is 2.54. The molecule has 0 saturated heterocycles. The van der Waals surface area contributed by atoms with Crippen molar-refractivity contribution in [1.82, 2.24) is 0 Å². The van der Waals surface area contributed by atoms with E-state index in [2.05, 4.69) is 12.2 Å². The fourth-order valence-electron chi connectivity index (χ4n) is 1.91. The third kappa shape index (κ3) is 3.08. The van der Waals surface area contributed by atoms with Crippen LogP contribution in [0.1, 0.15) is 43.1 Å². The zero-order chi connectivity index (χ0) is 14.7. The number of thiophene rings is 2. The molecule has 0 unspecified atom stereocenters. The third-order valence-electron chi connectivity index (χ3n) is 2.87. The first kappa shape index (κ1) is 14.7. The first-order valence-corrected chi connectivity index (χ1v) is 7.94. The van der Waals surface area contributed by atoms with Crippen LogP contribution < -0.4 is 5.32 Å². The number of carbonyl (C=O) groups excluding carboxylic acids is 1. The Kier molecular flexibility index (Phi) is 4.57. The fraction of sp³-hybridized carbons (Fsp3) is 0.286. The number of carbonyl (C=O) groups is 2. The van der Waals surface area contributed by atoms with Crippen LogP contribution in [0.2, 0.25) is 0 Å². The fourth-order valence-corrected chi connectivity index (χ4v) is 3.56. The number of amides is 1. The molecule has 2 N–H and O–H groups in total. The van der Waals surface area contributed by atoms with Crippen molar-refractivity contribution in [2.45, 2.75) is 26.7 Å². The lowest BCUT2D eigenvalue weighted by atomic mass is 10.1. The van der Waals surface area contributed by atoms with Crippen LogP contribution in [0.3, 0.4) is 0 Å². The Morgan fingerprint density at radius 2 is 2.15 bits per heavy atom. The van der Waals surface area contributed by atoms with Crippen LogP contribution in [0.4, 0.5) is 5.69 Å². The highest BCUT2D eigenvalue weighted by molar-refractivity contribution is 7.14. The maximum atomic E-state index is 12.2. The Bertz CT molecular complexity index is 643. The molecule has 1 amide bonds. The molecule has 2 heterocycles.